The number of hydrogen-bond donors (Lipinski definition) is 0. The van der Waals surface area contributed by atoms with Crippen LogP contribution in [0.5, 0.6) is 0 Å². The van der Waals surface area contributed by atoms with Gasteiger partial charge in [0.25, 0.3) is 0 Å². The van der Waals surface area contributed by atoms with Crippen molar-refractivity contribution in [1.82, 2.24) is 4.98 Å². The molecule has 134 valence electrons. The molecule has 27 heavy (non-hydrogen) atoms. The van der Waals surface area contributed by atoms with Crippen molar-refractivity contribution in [3.63, 3.8) is 0 Å². The van der Waals surface area contributed by atoms with Gasteiger partial charge in [0.2, 0.25) is 0 Å². The van der Waals surface area contributed by atoms with Gasteiger partial charge in [-0.2, -0.15) is 0 Å². The molecule has 0 atom stereocenters. The highest BCUT2D eigenvalue weighted by Crippen LogP contribution is 2.38. The molecule has 5 rings (SSSR count). The lowest BCUT2D eigenvalue weighted by atomic mass is 9.88. The fourth-order valence-corrected chi connectivity index (χ4v) is 4.61. The molecule has 5 aromatic rings. The fourth-order valence-electron chi connectivity index (χ4n) is 3.80. The molecule has 3 aromatic heterocycles. The Morgan fingerprint density at radius 3 is 2.74 bits per heavy atom. The molecule has 0 radical (unpaired) electrons. The van der Waals surface area contributed by atoms with Crippen molar-refractivity contribution in [2.24, 2.45) is 5.41 Å². The van der Waals surface area contributed by atoms with Crippen LogP contribution in [0.4, 0.5) is 0 Å². The van der Waals surface area contributed by atoms with Crippen LogP contribution in [0.15, 0.2) is 64.5 Å². The molecule has 0 bridgehead atoms. The summed E-state index contributed by atoms with van der Waals surface area (Å²) in [6, 6.07) is 17.2. The van der Waals surface area contributed by atoms with E-state index in [1.54, 1.807) is 11.3 Å². The van der Waals surface area contributed by atoms with Crippen molar-refractivity contribution >= 4 is 43.4 Å². The molecule has 0 aliphatic carbocycles. The van der Waals surface area contributed by atoms with Gasteiger partial charge in [-0.15, -0.1) is 11.3 Å². The molecule has 0 unspecified atom stereocenters. The highest BCUT2D eigenvalue weighted by Gasteiger charge is 2.16. The van der Waals surface area contributed by atoms with Crippen LogP contribution in [0, 0.1) is 5.41 Å². The predicted molar refractivity (Wildman–Crippen MR) is 115 cm³/mol. The summed E-state index contributed by atoms with van der Waals surface area (Å²) >= 11 is 1.77. The third-order valence-corrected chi connectivity index (χ3v) is 5.79. The second-order valence-corrected chi connectivity index (χ2v) is 9.33. The number of aromatic nitrogens is 1. The molecular formula is C24H21NOS. The van der Waals surface area contributed by atoms with E-state index in [0.29, 0.717) is 0 Å². The molecule has 0 saturated heterocycles. The average molecular weight is 372 g/mol. The number of furan rings is 1. The fraction of sp³-hybridized carbons (Fsp3) is 0.208. The minimum Gasteiger partial charge on any atom is -0.455 e. The number of pyridine rings is 1. The highest BCUT2D eigenvalue weighted by atomic mass is 32.1. The average Bonchev–Trinajstić information content (AvgIpc) is 3.21. The van der Waals surface area contributed by atoms with Gasteiger partial charge in [0, 0.05) is 27.2 Å². The monoisotopic (exact) mass is 371 g/mol. The Morgan fingerprint density at radius 1 is 1.00 bits per heavy atom. The SMILES string of the molecule is CC(C)(C)Cc1ccnc(-c2cccc3c2oc2cc4ccsc4cc23)c1. The van der Waals surface area contributed by atoms with Crippen molar-refractivity contribution in [3.05, 3.63) is 65.7 Å². The second-order valence-electron chi connectivity index (χ2n) is 8.38. The second kappa shape index (κ2) is 5.93. The Kier molecular flexibility index (Phi) is 3.63. The first kappa shape index (κ1) is 16.5. The zero-order valence-electron chi connectivity index (χ0n) is 15.7. The minimum atomic E-state index is 0.246. The van der Waals surface area contributed by atoms with Gasteiger partial charge in [0.1, 0.15) is 11.2 Å². The van der Waals surface area contributed by atoms with Gasteiger partial charge < -0.3 is 4.42 Å². The Balaban J connectivity index is 1.71. The zero-order chi connectivity index (χ0) is 18.6. The summed E-state index contributed by atoms with van der Waals surface area (Å²) in [5.41, 5.74) is 5.45. The Bertz CT molecular complexity index is 1290. The maximum Gasteiger partial charge on any atom is 0.144 e. The first-order chi connectivity index (χ1) is 13.0. The summed E-state index contributed by atoms with van der Waals surface area (Å²) in [4.78, 5) is 4.65. The van der Waals surface area contributed by atoms with E-state index in [2.05, 4.69) is 79.7 Å². The Morgan fingerprint density at radius 2 is 1.89 bits per heavy atom. The first-order valence-corrected chi connectivity index (χ1v) is 10.1. The zero-order valence-corrected chi connectivity index (χ0v) is 16.6. The summed E-state index contributed by atoms with van der Waals surface area (Å²) in [5, 5.41) is 5.69. The van der Waals surface area contributed by atoms with Crippen LogP contribution >= 0.6 is 11.3 Å². The van der Waals surface area contributed by atoms with Gasteiger partial charge in [-0.05, 0) is 64.6 Å². The normalized spacial score (nSPS) is 12.4. The van der Waals surface area contributed by atoms with Gasteiger partial charge >= 0.3 is 0 Å². The molecule has 0 fully saturated rings. The molecule has 0 amide bonds. The molecule has 0 aliphatic heterocycles. The van der Waals surface area contributed by atoms with Crippen molar-refractivity contribution in [3.8, 4) is 11.3 Å². The van der Waals surface area contributed by atoms with E-state index >= 15 is 0 Å². The van der Waals surface area contributed by atoms with Crippen LogP contribution in [0.25, 0.3) is 43.3 Å². The van der Waals surface area contributed by atoms with E-state index in [1.165, 1.54) is 21.0 Å². The summed E-state index contributed by atoms with van der Waals surface area (Å²) in [6.45, 7) is 6.79. The van der Waals surface area contributed by atoms with Crippen LogP contribution in [0.1, 0.15) is 26.3 Å². The maximum absolute atomic E-state index is 6.32. The van der Waals surface area contributed by atoms with Gasteiger partial charge in [0.05, 0.1) is 5.69 Å². The van der Waals surface area contributed by atoms with Crippen LogP contribution in [-0.4, -0.2) is 4.98 Å². The Labute approximate surface area is 162 Å². The number of para-hydroxylation sites is 1. The minimum absolute atomic E-state index is 0.246. The van der Waals surface area contributed by atoms with Crippen molar-refractivity contribution in [1.29, 1.82) is 0 Å². The van der Waals surface area contributed by atoms with Crippen LogP contribution < -0.4 is 0 Å². The van der Waals surface area contributed by atoms with Gasteiger partial charge in [-0.25, -0.2) is 0 Å². The van der Waals surface area contributed by atoms with E-state index in [9.17, 15) is 0 Å². The van der Waals surface area contributed by atoms with Crippen LogP contribution in [0.2, 0.25) is 0 Å². The summed E-state index contributed by atoms with van der Waals surface area (Å²) in [7, 11) is 0. The van der Waals surface area contributed by atoms with Crippen molar-refractivity contribution in [2.45, 2.75) is 27.2 Å². The van der Waals surface area contributed by atoms with Gasteiger partial charge in [-0.1, -0.05) is 32.9 Å². The van der Waals surface area contributed by atoms with E-state index in [1.807, 2.05) is 6.20 Å². The molecular weight excluding hydrogens is 350 g/mol. The van der Waals surface area contributed by atoms with Crippen LogP contribution in [-0.2, 0) is 6.42 Å². The molecule has 3 heterocycles. The number of fused-ring (bicyclic) bond motifs is 4. The summed E-state index contributed by atoms with van der Waals surface area (Å²) in [5.74, 6) is 0. The van der Waals surface area contributed by atoms with E-state index < -0.39 is 0 Å². The number of rotatable bonds is 2. The van der Waals surface area contributed by atoms with E-state index in [4.69, 9.17) is 4.42 Å². The molecule has 3 heteroatoms. The lowest BCUT2D eigenvalue weighted by molar-refractivity contribution is 0.411. The number of benzene rings is 2. The smallest absolute Gasteiger partial charge is 0.144 e. The number of thiophene rings is 1. The largest absolute Gasteiger partial charge is 0.455 e. The topological polar surface area (TPSA) is 26.0 Å². The van der Waals surface area contributed by atoms with Crippen molar-refractivity contribution < 1.29 is 4.42 Å². The van der Waals surface area contributed by atoms with Crippen molar-refractivity contribution in [2.75, 3.05) is 0 Å². The Hall–Kier alpha value is -2.65. The first-order valence-electron chi connectivity index (χ1n) is 9.26. The van der Waals surface area contributed by atoms with E-state index in [-0.39, 0.29) is 5.41 Å². The number of hydrogen-bond acceptors (Lipinski definition) is 3. The molecule has 2 nitrogen and oxygen atoms in total. The van der Waals surface area contributed by atoms with Gasteiger partial charge in [0.15, 0.2) is 0 Å². The van der Waals surface area contributed by atoms with E-state index in [0.717, 1.165) is 34.2 Å². The van der Waals surface area contributed by atoms with Crippen LogP contribution in [0.3, 0.4) is 0 Å². The summed E-state index contributed by atoms with van der Waals surface area (Å²) in [6.07, 6.45) is 2.93. The third-order valence-electron chi connectivity index (χ3n) is 4.91. The standard InChI is InChI=1S/C24H21NOS/c1-24(2,3)14-15-7-9-25-20(11-15)18-6-4-5-17-19-13-22-16(8-10-27-22)12-21(19)26-23(17)18/h4-13H,14H2,1-3H3. The predicted octanol–water partition coefficient (Wildman–Crippen LogP) is 7.45. The molecule has 0 aliphatic rings. The van der Waals surface area contributed by atoms with Gasteiger partial charge in [-0.3, -0.25) is 4.98 Å². The summed E-state index contributed by atoms with van der Waals surface area (Å²) < 4.78 is 7.61. The lowest BCUT2D eigenvalue weighted by Crippen LogP contribution is -2.09. The highest BCUT2D eigenvalue weighted by molar-refractivity contribution is 7.17. The third kappa shape index (κ3) is 2.92. The molecule has 0 saturated carbocycles. The number of nitrogens with zero attached hydrogens (tertiary/aromatic N) is 1. The molecule has 2 aromatic carbocycles. The quantitative estimate of drug-likeness (QED) is 0.322. The molecule has 0 N–H and O–H groups in total. The molecule has 0 spiro atoms. The maximum atomic E-state index is 6.32. The lowest BCUT2D eigenvalue weighted by Gasteiger charge is -2.18.